The summed E-state index contributed by atoms with van der Waals surface area (Å²) in [6.45, 7) is 6.32. The van der Waals surface area contributed by atoms with Crippen LogP contribution in [0.15, 0.2) is 14.6 Å². The van der Waals surface area contributed by atoms with E-state index < -0.39 is 0 Å². The standard InChI is InChI=1S/C16H24N4O2S/c1-6-8-9-11-17-13-12(14(18-11)23-10(3)7-2)15(21)20(5)16(22)19(13)4/h10H,6-9H2,1-5H3/t10-/m1/s1. The molecule has 0 N–H and O–H groups in total. The lowest BCUT2D eigenvalue weighted by molar-refractivity contribution is 0.690. The highest BCUT2D eigenvalue weighted by atomic mass is 32.2. The van der Waals surface area contributed by atoms with E-state index in [1.165, 1.54) is 11.6 Å². The van der Waals surface area contributed by atoms with Gasteiger partial charge in [0.25, 0.3) is 5.56 Å². The van der Waals surface area contributed by atoms with E-state index in [2.05, 4.69) is 30.7 Å². The van der Waals surface area contributed by atoms with Crippen molar-refractivity contribution in [2.24, 2.45) is 14.1 Å². The maximum Gasteiger partial charge on any atom is 0.332 e. The number of rotatable bonds is 6. The van der Waals surface area contributed by atoms with Crippen LogP contribution in [0.5, 0.6) is 0 Å². The molecule has 0 aliphatic heterocycles. The average molecular weight is 336 g/mol. The first-order valence-electron chi connectivity index (χ1n) is 8.03. The highest BCUT2D eigenvalue weighted by molar-refractivity contribution is 8.00. The van der Waals surface area contributed by atoms with E-state index in [9.17, 15) is 9.59 Å². The third-order valence-corrected chi connectivity index (χ3v) is 5.21. The number of aromatic nitrogens is 4. The number of thioether (sulfide) groups is 1. The molecule has 0 aliphatic carbocycles. The van der Waals surface area contributed by atoms with Gasteiger partial charge < -0.3 is 0 Å². The molecule has 23 heavy (non-hydrogen) atoms. The molecule has 7 heteroatoms. The zero-order valence-corrected chi connectivity index (χ0v) is 15.2. The molecule has 2 rings (SSSR count). The molecule has 2 aromatic heterocycles. The van der Waals surface area contributed by atoms with Crippen molar-refractivity contribution in [3.05, 3.63) is 26.7 Å². The normalized spacial score (nSPS) is 12.7. The van der Waals surface area contributed by atoms with Crippen LogP contribution >= 0.6 is 11.8 Å². The second kappa shape index (κ2) is 7.29. The van der Waals surface area contributed by atoms with Gasteiger partial charge in [0.15, 0.2) is 5.65 Å². The van der Waals surface area contributed by atoms with Crippen molar-refractivity contribution in [3.8, 4) is 0 Å². The molecular formula is C16H24N4O2S. The smallest absolute Gasteiger partial charge is 0.280 e. The maximum absolute atomic E-state index is 12.6. The molecule has 126 valence electrons. The molecule has 2 heterocycles. The Hall–Kier alpha value is -1.63. The fourth-order valence-corrected chi connectivity index (χ4v) is 3.28. The number of hydrogen-bond acceptors (Lipinski definition) is 5. The molecule has 0 fully saturated rings. The van der Waals surface area contributed by atoms with Crippen molar-refractivity contribution in [3.63, 3.8) is 0 Å². The van der Waals surface area contributed by atoms with Crippen LogP contribution in [-0.4, -0.2) is 24.4 Å². The van der Waals surface area contributed by atoms with Crippen molar-refractivity contribution < 1.29 is 0 Å². The summed E-state index contributed by atoms with van der Waals surface area (Å²) in [5, 5.41) is 1.47. The van der Waals surface area contributed by atoms with Gasteiger partial charge in [0, 0.05) is 25.8 Å². The Bertz CT molecular complexity index is 825. The van der Waals surface area contributed by atoms with Crippen LogP contribution in [0, 0.1) is 0 Å². The average Bonchev–Trinajstić information content (AvgIpc) is 2.55. The van der Waals surface area contributed by atoms with Gasteiger partial charge in [0.2, 0.25) is 0 Å². The molecule has 0 saturated carbocycles. The Balaban J connectivity index is 2.78. The van der Waals surface area contributed by atoms with Gasteiger partial charge in [-0.25, -0.2) is 14.8 Å². The summed E-state index contributed by atoms with van der Waals surface area (Å²) in [4.78, 5) is 33.9. The van der Waals surface area contributed by atoms with Gasteiger partial charge in [-0.1, -0.05) is 27.2 Å². The van der Waals surface area contributed by atoms with Crippen LogP contribution in [0.1, 0.15) is 45.9 Å². The predicted molar refractivity (Wildman–Crippen MR) is 94.2 cm³/mol. The first kappa shape index (κ1) is 17.7. The molecule has 1 atom stereocenters. The molecular weight excluding hydrogens is 312 g/mol. The highest BCUT2D eigenvalue weighted by Crippen LogP contribution is 2.27. The van der Waals surface area contributed by atoms with Gasteiger partial charge >= 0.3 is 5.69 Å². The maximum atomic E-state index is 12.6. The Morgan fingerprint density at radius 1 is 1.13 bits per heavy atom. The Morgan fingerprint density at radius 3 is 2.43 bits per heavy atom. The van der Waals surface area contributed by atoms with E-state index in [1.807, 2.05) is 0 Å². The second-order valence-corrected chi connectivity index (χ2v) is 7.22. The number of hydrogen-bond donors (Lipinski definition) is 0. The van der Waals surface area contributed by atoms with Gasteiger partial charge in [-0.2, -0.15) is 0 Å². The van der Waals surface area contributed by atoms with E-state index in [0.717, 1.165) is 30.3 Å². The lowest BCUT2D eigenvalue weighted by atomic mass is 10.2. The van der Waals surface area contributed by atoms with Crippen LogP contribution in [-0.2, 0) is 20.5 Å². The van der Waals surface area contributed by atoms with Crippen molar-refractivity contribution in [1.29, 1.82) is 0 Å². The Labute approximate surface area is 140 Å². The summed E-state index contributed by atoms with van der Waals surface area (Å²) in [6, 6.07) is 0. The van der Waals surface area contributed by atoms with Crippen LogP contribution in [0.25, 0.3) is 11.0 Å². The first-order chi connectivity index (χ1) is 10.9. The highest BCUT2D eigenvalue weighted by Gasteiger charge is 2.18. The van der Waals surface area contributed by atoms with Gasteiger partial charge in [0.1, 0.15) is 16.2 Å². The summed E-state index contributed by atoms with van der Waals surface area (Å²) in [5.74, 6) is 0.702. The Kier molecular flexibility index (Phi) is 5.62. The summed E-state index contributed by atoms with van der Waals surface area (Å²) < 4.78 is 2.56. The summed E-state index contributed by atoms with van der Waals surface area (Å²) >= 11 is 1.58. The number of nitrogens with zero attached hydrogens (tertiary/aromatic N) is 4. The van der Waals surface area contributed by atoms with Crippen molar-refractivity contribution in [2.75, 3.05) is 0 Å². The fourth-order valence-electron chi connectivity index (χ4n) is 2.28. The molecule has 0 bridgehead atoms. The third kappa shape index (κ3) is 3.49. The van der Waals surface area contributed by atoms with E-state index in [1.54, 1.807) is 18.8 Å². The van der Waals surface area contributed by atoms with Gasteiger partial charge in [-0.3, -0.25) is 13.9 Å². The summed E-state index contributed by atoms with van der Waals surface area (Å²) in [7, 11) is 3.14. The molecule has 0 spiro atoms. The topological polar surface area (TPSA) is 69.8 Å². The van der Waals surface area contributed by atoms with Crippen LogP contribution < -0.4 is 11.2 Å². The summed E-state index contributed by atoms with van der Waals surface area (Å²) in [6.07, 6.45) is 3.76. The quantitative estimate of drug-likeness (QED) is 0.598. The van der Waals surface area contributed by atoms with Crippen LogP contribution in [0.3, 0.4) is 0 Å². The molecule has 0 aromatic carbocycles. The second-order valence-electron chi connectivity index (χ2n) is 5.79. The summed E-state index contributed by atoms with van der Waals surface area (Å²) in [5.41, 5.74) is -0.247. The molecule has 0 saturated heterocycles. The number of aryl methyl sites for hydroxylation is 2. The minimum atomic E-state index is -0.359. The van der Waals surface area contributed by atoms with Gasteiger partial charge in [0.05, 0.1) is 0 Å². The van der Waals surface area contributed by atoms with Gasteiger partial charge in [-0.15, -0.1) is 11.8 Å². The van der Waals surface area contributed by atoms with E-state index >= 15 is 0 Å². The lowest BCUT2D eigenvalue weighted by Crippen LogP contribution is -2.38. The number of unbranched alkanes of at least 4 members (excludes halogenated alkanes) is 1. The molecule has 0 aliphatic rings. The van der Waals surface area contributed by atoms with E-state index in [0.29, 0.717) is 27.1 Å². The largest absolute Gasteiger partial charge is 0.332 e. The van der Waals surface area contributed by atoms with Crippen molar-refractivity contribution in [1.82, 2.24) is 19.1 Å². The zero-order chi connectivity index (χ0) is 17.1. The molecule has 0 amide bonds. The zero-order valence-electron chi connectivity index (χ0n) is 14.4. The third-order valence-electron chi connectivity index (χ3n) is 3.95. The fraction of sp³-hybridized carbons (Fsp3) is 0.625. The minimum Gasteiger partial charge on any atom is -0.280 e. The Morgan fingerprint density at radius 2 is 1.83 bits per heavy atom. The van der Waals surface area contributed by atoms with Crippen LogP contribution in [0.4, 0.5) is 0 Å². The minimum absolute atomic E-state index is 0.323. The molecule has 6 nitrogen and oxygen atoms in total. The van der Waals surface area contributed by atoms with Gasteiger partial charge in [-0.05, 0) is 12.8 Å². The molecule has 0 unspecified atom stereocenters. The predicted octanol–water partition coefficient (Wildman–Crippen LogP) is 2.26. The van der Waals surface area contributed by atoms with E-state index in [4.69, 9.17) is 0 Å². The van der Waals surface area contributed by atoms with Crippen molar-refractivity contribution >= 4 is 22.8 Å². The van der Waals surface area contributed by atoms with Crippen molar-refractivity contribution in [2.45, 2.75) is 56.7 Å². The molecule has 0 radical (unpaired) electrons. The van der Waals surface area contributed by atoms with E-state index in [-0.39, 0.29) is 11.2 Å². The van der Waals surface area contributed by atoms with Crippen LogP contribution in [0.2, 0.25) is 0 Å². The molecule has 2 aromatic rings. The first-order valence-corrected chi connectivity index (χ1v) is 8.91. The monoisotopic (exact) mass is 336 g/mol. The SMILES string of the molecule is CCCCc1nc(S[C@H](C)CC)c2c(=O)n(C)c(=O)n(C)c2n1. The lowest BCUT2D eigenvalue weighted by Gasteiger charge is -2.13. The number of fused-ring (bicyclic) bond motifs is 1.